The van der Waals surface area contributed by atoms with Gasteiger partial charge in [0, 0.05) is 18.4 Å². The van der Waals surface area contributed by atoms with Crippen LogP contribution < -0.4 is 5.32 Å². The van der Waals surface area contributed by atoms with E-state index in [9.17, 15) is 0 Å². The summed E-state index contributed by atoms with van der Waals surface area (Å²) >= 11 is 0. The third-order valence-electron chi connectivity index (χ3n) is 4.01. The molecule has 0 saturated heterocycles. The van der Waals surface area contributed by atoms with Crippen LogP contribution in [0.4, 0.5) is 5.82 Å². The van der Waals surface area contributed by atoms with Crippen LogP contribution in [-0.4, -0.2) is 20.6 Å². The van der Waals surface area contributed by atoms with Crippen molar-refractivity contribution in [3.05, 3.63) is 24.7 Å². The van der Waals surface area contributed by atoms with Gasteiger partial charge < -0.3 is 5.32 Å². The summed E-state index contributed by atoms with van der Waals surface area (Å²) in [5, 5.41) is 7.87. The SMILES string of the molecule is CC1CCCCCC1Nc1nccn2nccc12. The average Bonchev–Trinajstić information content (AvgIpc) is 2.77. The highest BCUT2D eigenvalue weighted by atomic mass is 15.2. The van der Waals surface area contributed by atoms with Crippen molar-refractivity contribution in [1.29, 1.82) is 0 Å². The van der Waals surface area contributed by atoms with Crippen LogP contribution in [0.2, 0.25) is 0 Å². The summed E-state index contributed by atoms with van der Waals surface area (Å²) in [6.45, 7) is 2.35. The maximum atomic E-state index is 4.47. The molecule has 2 aromatic rings. The fourth-order valence-corrected chi connectivity index (χ4v) is 2.85. The Hall–Kier alpha value is -1.58. The van der Waals surface area contributed by atoms with Crippen molar-refractivity contribution in [1.82, 2.24) is 14.6 Å². The molecule has 2 unspecified atom stereocenters. The molecule has 3 rings (SSSR count). The van der Waals surface area contributed by atoms with Gasteiger partial charge in [0.05, 0.1) is 6.20 Å². The third kappa shape index (κ3) is 2.19. The lowest BCUT2D eigenvalue weighted by Crippen LogP contribution is -2.27. The number of rotatable bonds is 2. The summed E-state index contributed by atoms with van der Waals surface area (Å²) in [6, 6.07) is 2.55. The molecule has 0 radical (unpaired) electrons. The van der Waals surface area contributed by atoms with E-state index in [2.05, 4.69) is 22.3 Å². The van der Waals surface area contributed by atoms with E-state index in [1.54, 1.807) is 0 Å². The van der Waals surface area contributed by atoms with Crippen LogP contribution in [0, 0.1) is 5.92 Å². The number of hydrogen-bond donors (Lipinski definition) is 1. The molecule has 1 aliphatic rings. The van der Waals surface area contributed by atoms with Crippen molar-refractivity contribution in [3.63, 3.8) is 0 Å². The van der Waals surface area contributed by atoms with Crippen molar-refractivity contribution in [2.24, 2.45) is 5.92 Å². The topological polar surface area (TPSA) is 42.2 Å². The van der Waals surface area contributed by atoms with Crippen LogP contribution in [0.3, 0.4) is 0 Å². The molecule has 2 atom stereocenters. The largest absolute Gasteiger partial charge is 0.365 e. The summed E-state index contributed by atoms with van der Waals surface area (Å²) < 4.78 is 1.87. The Labute approximate surface area is 107 Å². The van der Waals surface area contributed by atoms with Gasteiger partial charge in [0.2, 0.25) is 0 Å². The predicted octanol–water partition coefficient (Wildman–Crippen LogP) is 3.11. The van der Waals surface area contributed by atoms with Gasteiger partial charge in [-0.15, -0.1) is 0 Å². The highest BCUT2D eigenvalue weighted by molar-refractivity contribution is 5.67. The van der Waals surface area contributed by atoms with Crippen LogP contribution >= 0.6 is 0 Å². The van der Waals surface area contributed by atoms with E-state index in [-0.39, 0.29) is 0 Å². The lowest BCUT2D eigenvalue weighted by Gasteiger charge is -2.23. The Kier molecular flexibility index (Phi) is 3.17. The molecule has 4 nitrogen and oxygen atoms in total. The van der Waals surface area contributed by atoms with Crippen LogP contribution in [0.25, 0.3) is 5.52 Å². The van der Waals surface area contributed by atoms with Crippen LogP contribution in [0.5, 0.6) is 0 Å². The maximum absolute atomic E-state index is 4.47. The van der Waals surface area contributed by atoms with Crippen LogP contribution in [0.15, 0.2) is 24.7 Å². The first-order valence-electron chi connectivity index (χ1n) is 6.89. The van der Waals surface area contributed by atoms with E-state index in [1.165, 1.54) is 32.1 Å². The Balaban J connectivity index is 1.84. The Morgan fingerprint density at radius 2 is 2.11 bits per heavy atom. The van der Waals surface area contributed by atoms with Gasteiger partial charge in [0.1, 0.15) is 5.52 Å². The molecule has 1 N–H and O–H groups in total. The summed E-state index contributed by atoms with van der Waals surface area (Å²) in [5.74, 6) is 1.69. The van der Waals surface area contributed by atoms with E-state index < -0.39 is 0 Å². The highest BCUT2D eigenvalue weighted by Gasteiger charge is 2.20. The second-order valence-corrected chi connectivity index (χ2v) is 5.30. The summed E-state index contributed by atoms with van der Waals surface area (Å²) in [4.78, 5) is 4.47. The van der Waals surface area contributed by atoms with Gasteiger partial charge in [-0.3, -0.25) is 0 Å². The zero-order valence-electron chi connectivity index (χ0n) is 10.8. The Bertz CT molecular complexity index is 519. The van der Waals surface area contributed by atoms with E-state index >= 15 is 0 Å². The van der Waals surface area contributed by atoms with Gasteiger partial charge in [-0.05, 0) is 24.8 Å². The Morgan fingerprint density at radius 3 is 3.06 bits per heavy atom. The van der Waals surface area contributed by atoms with Gasteiger partial charge in [-0.25, -0.2) is 9.50 Å². The second kappa shape index (κ2) is 4.96. The molecule has 2 heterocycles. The summed E-state index contributed by atoms with van der Waals surface area (Å²) in [7, 11) is 0. The molecule has 0 amide bonds. The zero-order valence-corrected chi connectivity index (χ0v) is 10.8. The molecule has 1 fully saturated rings. The molecule has 18 heavy (non-hydrogen) atoms. The molecule has 0 aliphatic heterocycles. The van der Waals surface area contributed by atoms with E-state index in [4.69, 9.17) is 0 Å². The van der Waals surface area contributed by atoms with E-state index in [0.29, 0.717) is 6.04 Å². The summed E-state index contributed by atoms with van der Waals surface area (Å²) in [5.41, 5.74) is 1.06. The minimum absolute atomic E-state index is 0.543. The quantitative estimate of drug-likeness (QED) is 0.825. The normalized spacial score (nSPS) is 24.9. The molecule has 2 aromatic heterocycles. The lowest BCUT2D eigenvalue weighted by atomic mass is 9.97. The maximum Gasteiger partial charge on any atom is 0.152 e. The smallest absolute Gasteiger partial charge is 0.152 e. The molecule has 1 saturated carbocycles. The number of nitrogens with one attached hydrogen (secondary N) is 1. The monoisotopic (exact) mass is 244 g/mol. The first-order valence-corrected chi connectivity index (χ1v) is 6.89. The number of aromatic nitrogens is 3. The first kappa shape index (κ1) is 11.5. The molecular weight excluding hydrogens is 224 g/mol. The van der Waals surface area contributed by atoms with Gasteiger partial charge in [0.25, 0.3) is 0 Å². The molecule has 1 aliphatic carbocycles. The van der Waals surface area contributed by atoms with Gasteiger partial charge in [-0.1, -0.05) is 26.2 Å². The number of anilines is 1. The fourth-order valence-electron chi connectivity index (χ4n) is 2.85. The number of nitrogens with zero attached hydrogens (tertiary/aromatic N) is 3. The minimum Gasteiger partial charge on any atom is -0.365 e. The second-order valence-electron chi connectivity index (χ2n) is 5.30. The van der Waals surface area contributed by atoms with Crippen LogP contribution in [0.1, 0.15) is 39.0 Å². The molecule has 96 valence electrons. The van der Waals surface area contributed by atoms with E-state index in [1.807, 2.05) is 29.2 Å². The van der Waals surface area contributed by atoms with Gasteiger partial charge >= 0.3 is 0 Å². The molecule has 0 spiro atoms. The number of fused-ring (bicyclic) bond motifs is 1. The molecule has 4 heteroatoms. The number of hydrogen-bond acceptors (Lipinski definition) is 3. The summed E-state index contributed by atoms with van der Waals surface area (Å²) in [6.07, 6.45) is 12.1. The van der Waals surface area contributed by atoms with Crippen molar-refractivity contribution < 1.29 is 0 Å². The molecule has 0 bridgehead atoms. The third-order valence-corrected chi connectivity index (χ3v) is 4.01. The van der Waals surface area contributed by atoms with Gasteiger partial charge in [-0.2, -0.15) is 5.10 Å². The zero-order chi connectivity index (χ0) is 12.4. The average molecular weight is 244 g/mol. The predicted molar refractivity (Wildman–Crippen MR) is 72.6 cm³/mol. The van der Waals surface area contributed by atoms with E-state index in [0.717, 1.165) is 17.3 Å². The van der Waals surface area contributed by atoms with Crippen molar-refractivity contribution in [2.75, 3.05) is 5.32 Å². The van der Waals surface area contributed by atoms with Crippen molar-refractivity contribution >= 4 is 11.3 Å². The highest BCUT2D eigenvalue weighted by Crippen LogP contribution is 2.26. The lowest BCUT2D eigenvalue weighted by molar-refractivity contribution is 0.456. The standard InChI is InChI=1S/C14H20N4/c1-11-5-3-2-4-6-12(11)17-14-13-7-8-16-18(13)10-9-15-14/h7-12H,2-6H2,1H3,(H,15,17). The fraction of sp³-hybridized carbons (Fsp3) is 0.571. The van der Waals surface area contributed by atoms with Crippen molar-refractivity contribution in [3.8, 4) is 0 Å². The molecule has 0 aromatic carbocycles. The van der Waals surface area contributed by atoms with Crippen molar-refractivity contribution in [2.45, 2.75) is 45.1 Å². The molecular formula is C14H20N4. The van der Waals surface area contributed by atoms with Gasteiger partial charge in [0.15, 0.2) is 5.82 Å². The minimum atomic E-state index is 0.543. The first-order chi connectivity index (χ1) is 8.84. The van der Waals surface area contributed by atoms with Crippen LogP contribution in [-0.2, 0) is 0 Å². The Morgan fingerprint density at radius 1 is 1.22 bits per heavy atom.